The molecular formula is C21H18N2SSe. The zero-order valence-corrected chi connectivity index (χ0v) is 16.2. The summed E-state index contributed by atoms with van der Waals surface area (Å²) in [6.45, 7) is 0.868. The first-order valence-corrected chi connectivity index (χ1v) is 10.1. The molecule has 0 unspecified atom stereocenters. The number of hydrogen-bond acceptors (Lipinski definition) is 1. The zero-order chi connectivity index (χ0) is 17.1. The van der Waals surface area contributed by atoms with E-state index in [0.717, 1.165) is 16.7 Å². The van der Waals surface area contributed by atoms with Crippen molar-refractivity contribution in [1.82, 2.24) is 9.13 Å². The SMILES string of the molecule is [Se]=c1n(CSc2ccccc2)c2ccccc2n1Cc1ccccc1. The first-order valence-electron chi connectivity index (χ1n) is 8.23. The first-order chi connectivity index (χ1) is 12.3. The van der Waals surface area contributed by atoms with Gasteiger partial charge in [0, 0.05) is 0 Å². The van der Waals surface area contributed by atoms with E-state index in [9.17, 15) is 0 Å². The fraction of sp³-hybridized carbons (Fsp3) is 0.0952. The Labute approximate surface area is 159 Å². The van der Waals surface area contributed by atoms with Crippen molar-refractivity contribution in [2.45, 2.75) is 17.3 Å². The molecule has 0 radical (unpaired) electrons. The zero-order valence-electron chi connectivity index (χ0n) is 13.7. The standard InChI is InChI=1S/C21H18N2SSe/c25-21-22(15-17-9-3-1-4-10-17)19-13-7-8-14-20(19)23(21)16-24-18-11-5-2-6-12-18/h1-14H,15-16H2. The molecule has 0 aliphatic rings. The molecule has 0 fully saturated rings. The van der Waals surface area contributed by atoms with Crippen molar-refractivity contribution in [1.29, 1.82) is 0 Å². The van der Waals surface area contributed by atoms with Crippen molar-refractivity contribution in [2.75, 3.05) is 0 Å². The molecule has 0 saturated heterocycles. The molecule has 0 aliphatic heterocycles. The van der Waals surface area contributed by atoms with Gasteiger partial charge in [0.05, 0.1) is 0 Å². The van der Waals surface area contributed by atoms with Crippen molar-refractivity contribution < 1.29 is 0 Å². The molecule has 4 aromatic rings. The second-order valence-electron chi connectivity index (χ2n) is 5.86. The first kappa shape index (κ1) is 16.5. The number of para-hydroxylation sites is 2. The topological polar surface area (TPSA) is 9.86 Å². The molecule has 0 bridgehead atoms. The van der Waals surface area contributed by atoms with Crippen molar-refractivity contribution in [3.8, 4) is 0 Å². The second kappa shape index (κ2) is 7.49. The molecule has 124 valence electrons. The summed E-state index contributed by atoms with van der Waals surface area (Å²) in [5, 5.41) is 0. The van der Waals surface area contributed by atoms with Crippen LogP contribution in [0.25, 0.3) is 11.0 Å². The summed E-state index contributed by atoms with van der Waals surface area (Å²) in [7, 11) is 0. The Balaban J connectivity index is 1.72. The third-order valence-electron chi connectivity index (χ3n) is 4.21. The van der Waals surface area contributed by atoms with Crippen LogP contribution >= 0.6 is 11.8 Å². The van der Waals surface area contributed by atoms with Crippen LogP contribution in [0.4, 0.5) is 0 Å². The maximum absolute atomic E-state index is 3.30. The normalized spacial score (nSPS) is 11.0. The van der Waals surface area contributed by atoms with Crippen LogP contribution in [0, 0.1) is 4.32 Å². The molecule has 1 aromatic heterocycles. The Morgan fingerprint density at radius 1 is 0.680 bits per heavy atom. The van der Waals surface area contributed by atoms with Crippen LogP contribution in [0.2, 0.25) is 0 Å². The van der Waals surface area contributed by atoms with Crippen LogP contribution in [-0.2, 0) is 12.4 Å². The molecule has 0 saturated carbocycles. The van der Waals surface area contributed by atoms with Gasteiger partial charge in [-0.3, -0.25) is 0 Å². The van der Waals surface area contributed by atoms with Gasteiger partial charge in [-0.1, -0.05) is 0 Å². The number of nitrogens with zero attached hydrogens (tertiary/aromatic N) is 2. The summed E-state index contributed by atoms with van der Waals surface area (Å²) in [6.07, 6.45) is 0. The molecule has 2 nitrogen and oxygen atoms in total. The van der Waals surface area contributed by atoms with Gasteiger partial charge in [0.2, 0.25) is 0 Å². The van der Waals surface area contributed by atoms with Gasteiger partial charge >= 0.3 is 160 Å². The molecule has 0 atom stereocenters. The third kappa shape index (κ3) is 3.52. The fourth-order valence-electron chi connectivity index (χ4n) is 2.97. The molecular weight excluding hydrogens is 391 g/mol. The Morgan fingerprint density at radius 2 is 1.24 bits per heavy atom. The maximum atomic E-state index is 3.30. The predicted molar refractivity (Wildman–Crippen MR) is 107 cm³/mol. The number of thioether (sulfide) groups is 1. The van der Waals surface area contributed by atoms with Crippen LogP contribution < -0.4 is 0 Å². The monoisotopic (exact) mass is 410 g/mol. The van der Waals surface area contributed by atoms with Gasteiger partial charge in [-0.05, 0) is 0 Å². The molecule has 4 heteroatoms. The summed E-state index contributed by atoms with van der Waals surface area (Å²) in [5.74, 6) is 0.884. The predicted octanol–water partition coefficient (Wildman–Crippen LogP) is 4.94. The van der Waals surface area contributed by atoms with Gasteiger partial charge in [0.15, 0.2) is 0 Å². The van der Waals surface area contributed by atoms with Gasteiger partial charge in [-0.15, -0.1) is 0 Å². The van der Waals surface area contributed by atoms with Crippen LogP contribution in [0.15, 0.2) is 89.8 Å². The molecule has 0 amide bonds. The van der Waals surface area contributed by atoms with E-state index < -0.39 is 0 Å². The minimum absolute atomic E-state index is 0.868. The van der Waals surface area contributed by atoms with Crippen LogP contribution in [0.3, 0.4) is 0 Å². The molecule has 1 heterocycles. The quantitative estimate of drug-likeness (QED) is 0.335. The number of fused-ring (bicyclic) bond motifs is 1. The fourth-order valence-corrected chi connectivity index (χ4v) is 4.73. The number of hydrogen-bond donors (Lipinski definition) is 0. The summed E-state index contributed by atoms with van der Waals surface area (Å²) < 4.78 is 5.88. The summed E-state index contributed by atoms with van der Waals surface area (Å²) in [5.41, 5.74) is 3.83. The molecule has 4 rings (SSSR count). The van der Waals surface area contributed by atoms with Gasteiger partial charge in [0.25, 0.3) is 0 Å². The third-order valence-corrected chi connectivity index (χ3v) is 6.13. The van der Waals surface area contributed by atoms with E-state index in [4.69, 9.17) is 0 Å². The Morgan fingerprint density at radius 3 is 1.92 bits per heavy atom. The minimum atomic E-state index is 0.868. The Hall–Kier alpha value is -2.00. The Bertz CT molecular complexity index is 1040. The van der Waals surface area contributed by atoms with Gasteiger partial charge in [-0.25, -0.2) is 0 Å². The van der Waals surface area contributed by atoms with Crippen LogP contribution in [0.5, 0.6) is 0 Å². The second-order valence-corrected chi connectivity index (χ2v) is 7.64. The number of aromatic nitrogens is 2. The van der Waals surface area contributed by atoms with Crippen molar-refractivity contribution in [2.24, 2.45) is 0 Å². The molecule has 0 spiro atoms. The van der Waals surface area contributed by atoms with Crippen LogP contribution in [0.1, 0.15) is 5.56 Å². The van der Waals surface area contributed by atoms with E-state index in [1.54, 1.807) is 0 Å². The average Bonchev–Trinajstić information content (AvgIpc) is 2.93. The van der Waals surface area contributed by atoms with Crippen molar-refractivity contribution in [3.63, 3.8) is 0 Å². The van der Waals surface area contributed by atoms with Gasteiger partial charge in [0.1, 0.15) is 0 Å². The number of imidazole rings is 1. The van der Waals surface area contributed by atoms with E-state index in [1.807, 2.05) is 11.8 Å². The molecule has 3 aromatic carbocycles. The van der Waals surface area contributed by atoms with Gasteiger partial charge < -0.3 is 0 Å². The average molecular weight is 409 g/mol. The van der Waals surface area contributed by atoms with E-state index in [-0.39, 0.29) is 0 Å². The summed E-state index contributed by atoms with van der Waals surface area (Å²) in [4.78, 5) is 1.29. The van der Waals surface area contributed by atoms with Crippen molar-refractivity contribution >= 4 is 38.4 Å². The molecule has 0 aliphatic carbocycles. The van der Waals surface area contributed by atoms with Crippen molar-refractivity contribution in [3.05, 3.63) is 94.8 Å². The van der Waals surface area contributed by atoms with E-state index in [0.29, 0.717) is 0 Å². The van der Waals surface area contributed by atoms with E-state index in [1.165, 1.54) is 21.5 Å². The molecule has 25 heavy (non-hydrogen) atoms. The summed E-state index contributed by atoms with van der Waals surface area (Å²) in [6, 6.07) is 29.8. The molecule has 0 N–H and O–H groups in total. The van der Waals surface area contributed by atoms with Gasteiger partial charge in [-0.2, -0.15) is 0 Å². The van der Waals surface area contributed by atoms with Crippen LogP contribution in [-0.4, -0.2) is 24.7 Å². The summed E-state index contributed by atoms with van der Waals surface area (Å²) >= 11 is 5.15. The van der Waals surface area contributed by atoms with E-state index in [2.05, 4.69) is 110 Å². The van der Waals surface area contributed by atoms with E-state index >= 15 is 0 Å². The Kier molecular flexibility index (Phi) is 4.93. The number of benzene rings is 3. The number of rotatable bonds is 5.